The Labute approximate surface area is 202 Å². The van der Waals surface area contributed by atoms with E-state index in [2.05, 4.69) is 10.6 Å². The van der Waals surface area contributed by atoms with E-state index in [4.69, 9.17) is 21.1 Å². The molecule has 0 unspecified atom stereocenters. The minimum absolute atomic E-state index is 0.312. The second-order valence-electron chi connectivity index (χ2n) is 7.95. The van der Waals surface area contributed by atoms with Crippen molar-refractivity contribution in [2.24, 2.45) is 0 Å². The summed E-state index contributed by atoms with van der Waals surface area (Å²) in [5.41, 5.74) is 1.59. The summed E-state index contributed by atoms with van der Waals surface area (Å²) >= 11 is 5.92. The van der Waals surface area contributed by atoms with Crippen LogP contribution in [-0.4, -0.2) is 31.5 Å². The maximum Gasteiger partial charge on any atom is 0.317 e. The molecule has 174 valence electrons. The van der Waals surface area contributed by atoms with E-state index in [1.54, 1.807) is 54.6 Å². The topological polar surface area (TPSA) is 93.7 Å². The van der Waals surface area contributed by atoms with Crippen LogP contribution in [0.2, 0.25) is 5.02 Å². The summed E-state index contributed by atoms with van der Waals surface area (Å²) in [6.45, 7) is -0.399. The first kappa shape index (κ1) is 23.3. The summed E-state index contributed by atoms with van der Waals surface area (Å²) in [7, 11) is 1.53. The number of hydrogen-bond donors (Lipinski definition) is 2. The van der Waals surface area contributed by atoms with Gasteiger partial charge in [-0.25, -0.2) is 0 Å². The van der Waals surface area contributed by atoms with E-state index in [-0.39, 0.29) is 5.91 Å². The Morgan fingerprint density at radius 3 is 2.24 bits per heavy atom. The normalized spacial score (nSPS) is 13.5. The van der Waals surface area contributed by atoms with Crippen molar-refractivity contribution in [2.75, 3.05) is 24.4 Å². The molecule has 8 heteroatoms. The fourth-order valence-corrected chi connectivity index (χ4v) is 3.74. The highest BCUT2D eigenvalue weighted by Crippen LogP contribution is 2.49. The standard InChI is InChI=1S/C26H23ClN2O5/c1-33-22-5-3-2-4-21(22)29-24(31)17-6-12-20(13-7-17)28-23(30)16-34-25(32)26(14-15-26)18-8-10-19(27)11-9-18/h2-13H,14-16H2,1H3,(H,28,30)(H,29,31). The molecule has 1 aliphatic carbocycles. The summed E-state index contributed by atoms with van der Waals surface area (Å²) < 4.78 is 10.5. The van der Waals surface area contributed by atoms with Crippen LogP contribution in [0.15, 0.2) is 72.8 Å². The van der Waals surface area contributed by atoms with Gasteiger partial charge >= 0.3 is 5.97 Å². The van der Waals surface area contributed by atoms with Crippen LogP contribution in [0.3, 0.4) is 0 Å². The lowest BCUT2D eigenvalue weighted by Gasteiger charge is -2.15. The van der Waals surface area contributed by atoms with Crippen molar-refractivity contribution in [3.8, 4) is 5.75 Å². The minimum atomic E-state index is -0.693. The van der Waals surface area contributed by atoms with Crippen molar-refractivity contribution in [3.63, 3.8) is 0 Å². The molecule has 0 radical (unpaired) electrons. The molecule has 0 saturated heterocycles. The zero-order chi connectivity index (χ0) is 24.1. The maximum absolute atomic E-state index is 12.6. The SMILES string of the molecule is COc1ccccc1NC(=O)c1ccc(NC(=O)COC(=O)C2(c3ccc(Cl)cc3)CC2)cc1. The molecule has 0 atom stereocenters. The van der Waals surface area contributed by atoms with Gasteiger partial charge in [0.05, 0.1) is 18.2 Å². The van der Waals surface area contributed by atoms with Crippen LogP contribution < -0.4 is 15.4 Å². The molecule has 1 fully saturated rings. The Bertz CT molecular complexity index is 1200. The molecular formula is C26H23ClN2O5. The number of para-hydroxylation sites is 2. The fourth-order valence-electron chi connectivity index (χ4n) is 3.62. The monoisotopic (exact) mass is 478 g/mol. The van der Waals surface area contributed by atoms with Crippen LogP contribution in [0, 0.1) is 0 Å². The van der Waals surface area contributed by atoms with E-state index in [0.29, 0.717) is 40.6 Å². The zero-order valence-corrected chi connectivity index (χ0v) is 19.2. The van der Waals surface area contributed by atoms with Gasteiger partial charge in [-0.2, -0.15) is 0 Å². The average Bonchev–Trinajstić information content (AvgIpc) is 3.66. The predicted molar refractivity (Wildman–Crippen MR) is 129 cm³/mol. The van der Waals surface area contributed by atoms with Gasteiger partial charge in [0.1, 0.15) is 5.75 Å². The number of hydrogen-bond acceptors (Lipinski definition) is 5. The average molecular weight is 479 g/mol. The van der Waals surface area contributed by atoms with Crippen molar-refractivity contribution in [3.05, 3.63) is 88.9 Å². The third kappa shape index (κ3) is 5.21. The molecule has 0 bridgehead atoms. The van der Waals surface area contributed by atoms with E-state index in [1.807, 2.05) is 18.2 Å². The smallest absolute Gasteiger partial charge is 0.317 e. The number of ether oxygens (including phenoxy) is 2. The highest BCUT2D eigenvalue weighted by Gasteiger charge is 2.52. The van der Waals surface area contributed by atoms with Gasteiger partial charge in [-0.1, -0.05) is 35.9 Å². The summed E-state index contributed by atoms with van der Waals surface area (Å²) in [5.74, 6) is -0.647. The van der Waals surface area contributed by atoms with Crippen molar-refractivity contribution >= 4 is 40.8 Å². The molecule has 3 aromatic rings. The lowest BCUT2D eigenvalue weighted by Crippen LogP contribution is -2.28. The van der Waals surface area contributed by atoms with Crippen LogP contribution >= 0.6 is 11.6 Å². The van der Waals surface area contributed by atoms with Crippen LogP contribution in [0.1, 0.15) is 28.8 Å². The van der Waals surface area contributed by atoms with Crippen molar-refractivity contribution < 1.29 is 23.9 Å². The molecule has 0 heterocycles. The molecular weight excluding hydrogens is 456 g/mol. The minimum Gasteiger partial charge on any atom is -0.495 e. The van der Waals surface area contributed by atoms with E-state index < -0.39 is 23.9 Å². The summed E-state index contributed by atoms with van der Waals surface area (Å²) in [5, 5.41) is 6.05. The van der Waals surface area contributed by atoms with Crippen molar-refractivity contribution in [2.45, 2.75) is 18.3 Å². The van der Waals surface area contributed by atoms with Gasteiger partial charge in [0.2, 0.25) is 0 Å². The van der Waals surface area contributed by atoms with Gasteiger partial charge in [0, 0.05) is 16.3 Å². The third-order valence-electron chi connectivity index (χ3n) is 5.66. The Morgan fingerprint density at radius 2 is 1.59 bits per heavy atom. The number of amides is 2. The second-order valence-corrected chi connectivity index (χ2v) is 8.38. The molecule has 0 spiro atoms. The molecule has 34 heavy (non-hydrogen) atoms. The number of methoxy groups -OCH3 is 1. The highest BCUT2D eigenvalue weighted by molar-refractivity contribution is 6.30. The molecule has 2 amide bonds. The van der Waals surface area contributed by atoms with Gasteiger partial charge in [-0.15, -0.1) is 0 Å². The van der Waals surface area contributed by atoms with E-state index >= 15 is 0 Å². The first-order chi connectivity index (χ1) is 16.4. The van der Waals surface area contributed by atoms with Crippen LogP contribution in [0.4, 0.5) is 11.4 Å². The summed E-state index contributed by atoms with van der Waals surface area (Å²) in [6.07, 6.45) is 1.35. The molecule has 3 aromatic carbocycles. The quantitative estimate of drug-likeness (QED) is 0.453. The van der Waals surface area contributed by atoms with Gasteiger partial charge in [-0.05, 0) is 66.9 Å². The molecule has 7 nitrogen and oxygen atoms in total. The molecule has 0 aliphatic heterocycles. The number of nitrogens with one attached hydrogen (secondary N) is 2. The Hall–Kier alpha value is -3.84. The van der Waals surface area contributed by atoms with Crippen LogP contribution in [-0.2, 0) is 19.7 Å². The third-order valence-corrected chi connectivity index (χ3v) is 5.91. The number of carbonyl (C=O) groups excluding carboxylic acids is 3. The maximum atomic E-state index is 12.6. The molecule has 0 aromatic heterocycles. The summed E-state index contributed by atoms with van der Waals surface area (Å²) in [4.78, 5) is 37.4. The van der Waals surface area contributed by atoms with E-state index in [0.717, 1.165) is 5.56 Å². The molecule has 1 saturated carbocycles. The van der Waals surface area contributed by atoms with Crippen LogP contribution in [0.5, 0.6) is 5.75 Å². The number of benzene rings is 3. The van der Waals surface area contributed by atoms with Crippen LogP contribution in [0.25, 0.3) is 0 Å². The predicted octanol–water partition coefficient (Wildman–Crippen LogP) is 4.81. The number of rotatable bonds is 8. The lowest BCUT2D eigenvalue weighted by atomic mass is 9.96. The van der Waals surface area contributed by atoms with Gasteiger partial charge < -0.3 is 20.1 Å². The largest absolute Gasteiger partial charge is 0.495 e. The summed E-state index contributed by atoms with van der Waals surface area (Å²) in [6, 6.07) is 20.6. The van der Waals surface area contributed by atoms with Gasteiger partial charge in [-0.3, -0.25) is 14.4 Å². The van der Waals surface area contributed by atoms with E-state index in [1.165, 1.54) is 7.11 Å². The van der Waals surface area contributed by atoms with Crippen molar-refractivity contribution in [1.82, 2.24) is 0 Å². The van der Waals surface area contributed by atoms with E-state index in [9.17, 15) is 14.4 Å². The number of anilines is 2. The first-order valence-corrected chi connectivity index (χ1v) is 11.1. The first-order valence-electron chi connectivity index (χ1n) is 10.7. The fraction of sp³-hybridized carbons (Fsp3) is 0.192. The molecule has 4 rings (SSSR count). The lowest BCUT2D eigenvalue weighted by molar-refractivity contribution is -0.150. The number of esters is 1. The second kappa shape index (κ2) is 9.97. The Morgan fingerprint density at radius 1 is 0.912 bits per heavy atom. The molecule has 2 N–H and O–H groups in total. The Kier molecular flexibility index (Phi) is 6.84. The zero-order valence-electron chi connectivity index (χ0n) is 18.5. The molecule has 1 aliphatic rings. The van der Waals surface area contributed by atoms with Gasteiger partial charge in [0.15, 0.2) is 6.61 Å². The number of carbonyl (C=O) groups is 3. The highest BCUT2D eigenvalue weighted by atomic mass is 35.5. The van der Waals surface area contributed by atoms with Gasteiger partial charge in [0.25, 0.3) is 11.8 Å². The Balaban J connectivity index is 1.29. The van der Waals surface area contributed by atoms with Crippen molar-refractivity contribution in [1.29, 1.82) is 0 Å². The number of halogens is 1.